The highest BCUT2D eigenvalue weighted by molar-refractivity contribution is 7.89. The normalized spacial score (nSPS) is 12.7. The molecular weight excluding hydrogens is 336 g/mol. The molecule has 8 nitrogen and oxygen atoms in total. The lowest BCUT2D eigenvalue weighted by Crippen LogP contribution is -2.41. The Hall–Kier alpha value is -2.13. The van der Waals surface area contributed by atoms with Gasteiger partial charge in [0.05, 0.1) is 7.11 Å². The van der Waals surface area contributed by atoms with Crippen LogP contribution in [0.3, 0.4) is 0 Å². The zero-order chi connectivity index (χ0) is 18.5. The Balaban J connectivity index is 3.16. The number of rotatable bonds is 8. The van der Waals surface area contributed by atoms with Crippen LogP contribution in [0.1, 0.15) is 30.6 Å². The van der Waals surface area contributed by atoms with Gasteiger partial charge in [-0.2, -0.15) is 0 Å². The molecule has 24 heavy (non-hydrogen) atoms. The SMILES string of the molecule is CNS(=O)(=O)c1cc(C(=O)N[C@@H](CC(C)C)C(=O)O)ccc1OC. The second-order valence-electron chi connectivity index (χ2n) is 5.57. The van der Waals surface area contributed by atoms with Crippen molar-refractivity contribution in [3.63, 3.8) is 0 Å². The summed E-state index contributed by atoms with van der Waals surface area (Å²) < 4.78 is 31.2. The van der Waals surface area contributed by atoms with Crippen molar-refractivity contribution in [3.05, 3.63) is 23.8 Å². The highest BCUT2D eigenvalue weighted by atomic mass is 32.2. The number of hydrogen-bond donors (Lipinski definition) is 3. The van der Waals surface area contributed by atoms with Gasteiger partial charge in [-0.1, -0.05) is 13.8 Å². The number of nitrogens with one attached hydrogen (secondary N) is 2. The molecule has 134 valence electrons. The molecule has 1 rings (SSSR count). The quantitative estimate of drug-likeness (QED) is 0.633. The van der Waals surface area contributed by atoms with E-state index in [9.17, 15) is 23.1 Å². The van der Waals surface area contributed by atoms with Crippen molar-refractivity contribution in [2.75, 3.05) is 14.2 Å². The molecule has 1 amide bonds. The highest BCUT2D eigenvalue weighted by Crippen LogP contribution is 2.24. The van der Waals surface area contributed by atoms with Gasteiger partial charge in [-0.25, -0.2) is 17.9 Å². The van der Waals surface area contributed by atoms with Gasteiger partial charge in [-0.15, -0.1) is 0 Å². The minimum Gasteiger partial charge on any atom is -0.495 e. The summed E-state index contributed by atoms with van der Waals surface area (Å²) in [6, 6.07) is 2.81. The summed E-state index contributed by atoms with van der Waals surface area (Å²) in [6.45, 7) is 3.68. The Morgan fingerprint density at radius 3 is 2.38 bits per heavy atom. The third-order valence-corrected chi connectivity index (χ3v) is 4.73. The van der Waals surface area contributed by atoms with E-state index in [1.54, 1.807) is 0 Å². The Labute approximate surface area is 141 Å². The molecule has 0 spiro atoms. The maximum Gasteiger partial charge on any atom is 0.326 e. The van der Waals surface area contributed by atoms with E-state index in [-0.39, 0.29) is 28.5 Å². The van der Waals surface area contributed by atoms with Crippen LogP contribution in [0.2, 0.25) is 0 Å². The van der Waals surface area contributed by atoms with Crippen molar-refractivity contribution < 1.29 is 27.9 Å². The van der Waals surface area contributed by atoms with Crippen molar-refractivity contribution in [1.29, 1.82) is 0 Å². The number of ether oxygens (including phenoxy) is 1. The van der Waals surface area contributed by atoms with Crippen LogP contribution < -0.4 is 14.8 Å². The number of carbonyl (C=O) groups excluding carboxylic acids is 1. The van der Waals surface area contributed by atoms with Gasteiger partial charge in [0.15, 0.2) is 0 Å². The molecule has 1 aromatic rings. The van der Waals surface area contributed by atoms with Crippen LogP contribution in [0.15, 0.2) is 23.1 Å². The van der Waals surface area contributed by atoms with Gasteiger partial charge in [0.2, 0.25) is 10.0 Å². The van der Waals surface area contributed by atoms with Gasteiger partial charge in [-0.05, 0) is 37.6 Å². The van der Waals surface area contributed by atoms with Crippen LogP contribution >= 0.6 is 0 Å². The molecule has 0 aliphatic carbocycles. The molecule has 0 aliphatic heterocycles. The second-order valence-corrected chi connectivity index (χ2v) is 7.42. The zero-order valence-electron chi connectivity index (χ0n) is 14.0. The Bertz CT molecular complexity index is 715. The first kappa shape index (κ1) is 19.9. The molecule has 3 N–H and O–H groups in total. The third-order valence-electron chi connectivity index (χ3n) is 3.29. The molecule has 1 atom stereocenters. The van der Waals surface area contributed by atoms with E-state index >= 15 is 0 Å². The largest absolute Gasteiger partial charge is 0.495 e. The fraction of sp³-hybridized carbons (Fsp3) is 0.467. The summed E-state index contributed by atoms with van der Waals surface area (Å²) in [7, 11) is -1.28. The number of sulfonamides is 1. The first-order valence-electron chi connectivity index (χ1n) is 7.27. The molecule has 0 saturated heterocycles. The smallest absolute Gasteiger partial charge is 0.326 e. The van der Waals surface area contributed by atoms with E-state index in [0.29, 0.717) is 0 Å². The van der Waals surface area contributed by atoms with Gasteiger partial charge in [-0.3, -0.25) is 4.79 Å². The van der Waals surface area contributed by atoms with Crippen molar-refractivity contribution in [2.45, 2.75) is 31.2 Å². The van der Waals surface area contributed by atoms with E-state index in [2.05, 4.69) is 10.0 Å². The van der Waals surface area contributed by atoms with Gasteiger partial charge in [0.25, 0.3) is 5.91 Å². The zero-order valence-corrected chi connectivity index (χ0v) is 14.8. The Morgan fingerprint density at radius 1 is 1.29 bits per heavy atom. The number of methoxy groups -OCH3 is 1. The van der Waals surface area contributed by atoms with Crippen molar-refractivity contribution in [1.82, 2.24) is 10.0 Å². The van der Waals surface area contributed by atoms with Gasteiger partial charge in [0.1, 0.15) is 16.7 Å². The Kier molecular flexibility index (Phi) is 6.73. The number of aliphatic carboxylic acids is 1. The summed E-state index contributed by atoms with van der Waals surface area (Å²) in [4.78, 5) is 23.3. The number of amides is 1. The molecule has 0 aromatic heterocycles. The number of carboxylic acids is 1. The van der Waals surface area contributed by atoms with Crippen molar-refractivity contribution in [3.8, 4) is 5.75 Å². The number of carboxylic acid groups (broad SMARTS) is 1. The molecule has 0 fully saturated rings. The van der Waals surface area contributed by atoms with Gasteiger partial charge >= 0.3 is 5.97 Å². The highest BCUT2D eigenvalue weighted by Gasteiger charge is 2.24. The predicted octanol–water partition coefficient (Wildman–Crippen LogP) is 0.832. The lowest BCUT2D eigenvalue weighted by atomic mass is 10.0. The van der Waals surface area contributed by atoms with Crippen LogP contribution in [0.4, 0.5) is 0 Å². The summed E-state index contributed by atoms with van der Waals surface area (Å²) in [6.07, 6.45) is 0.263. The maximum absolute atomic E-state index is 12.3. The average Bonchev–Trinajstić information content (AvgIpc) is 2.52. The van der Waals surface area contributed by atoms with E-state index in [4.69, 9.17) is 4.74 Å². The number of benzene rings is 1. The van der Waals surface area contributed by atoms with Crippen LogP contribution in [0.5, 0.6) is 5.75 Å². The first-order chi connectivity index (χ1) is 11.1. The molecule has 0 aliphatic rings. The summed E-state index contributed by atoms with van der Waals surface area (Å²) >= 11 is 0. The minimum absolute atomic E-state index is 0.0274. The second kappa shape index (κ2) is 8.11. The van der Waals surface area contributed by atoms with Crippen LogP contribution in [0, 0.1) is 5.92 Å². The molecule has 1 aromatic carbocycles. The van der Waals surface area contributed by atoms with Crippen LogP contribution in [-0.2, 0) is 14.8 Å². The standard InChI is InChI=1S/C15H22N2O6S/c1-9(2)7-11(15(19)20)17-14(18)10-5-6-12(23-4)13(8-10)24(21,22)16-3/h5-6,8-9,11,16H,7H2,1-4H3,(H,17,18)(H,19,20)/t11-/m0/s1. The maximum atomic E-state index is 12.3. The first-order valence-corrected chi connectivity index (χ1v) is 8.76. The molecule has 0 bridgehead atoms. The third kappa shape index (κ3) is 4.93. The monoisotopic (exact) mass is 358 g/mol. The van der Waals surface area contributed by atoms with Crippen LogP contribution in [0.25, 0.3) is 0 Å². The Morgan fingerprint density at radius 2 is 1.92 bits per heavy atom. The molecule has 0 unspecified atom stereocenters. The fourth-order valence-electron chi connectivity index (χ4n) is 2.07. The topological polar surface area (TPSA) is 122 Å². The lowest BCUT2D eigenvalue weighted by molar-refractivity contribution is -0.139. The fourth-order valence-corrected chi connectivity index (χ4v) is 2.99. The molecule has 0 radical (unpaired) electrons. The predicted molar refractivity (Wildman–Crippen MR) is 87.6 cm³/mol. The summed E-state index contributed by atoms with van der Waals surface area (Å²) in [5.41, 5.74) is 0.0274. The summed E-state index contributed by atoms with van der Waals surface area (Å²) in [5.74, 6) is -1.66. The van der Waals surface area contributed by atoms with E-state index in [0.717, 1.165) is 6.07 Å². The van der Waals surface area contributed by atoms with E-state index in [1.165, 1.54) is 26.3 Å². The summed E-state index contributed by atoms with van der Waals surface area (Å²) in [5, 5.41) is 11.6. The van der Waals surface area contributed by atoms with Crippen molar-refractivity contribution in [2.24, 2.45) is 5.92 Å². The molecule has 0 heterocycles. The van der Waals surface area contributed by atoms with Crippen LogP contribution in [-0.4, -0.2) is 45.6 Å². The molecular formula is C15H22N2O6S. The number of hydrogen-bond acceptors (Lipinski definition) is 5. The van der Waals surface area contributed by atoms with Gasteiger partial charge in [0, 0.05) is 5.56 Å². The molecule has 9 heteroatoms. The average molecular weight is 358 g/mol. The lowest BCUT2D eigenvalue weighted by Gasteiger charge is -2.17. The van der Waals surface area contributed by atoms with E-state index in [1.807, 2.05) is 13.8 Å². The number of carbonyl (C=O) groups is 2. The van der Waals surface area contributed by atoms with Gasteiger partial charge < -0.3 is 15.2 Å². The minimum atomic E-state index is -3.83. The molecule has 0 saturated carbocycles. The van der Waals surface area contributed by atoms with Crippen molar-refractivity contribution >= 4 is 21.9 Å². The van der Waals surface area contributed by atoms with E-state index < -0.39 is 27.9 Å².